The van der Waals surface area contributed by atoms with Crippen molar-refractivity contribution in [2.24, 2.45) is 0 Å². The minimum atomic E-state index is -4.53. The number of halogens is 4. The van der Waals surface area contributed by atoms with Crippen LogP contribution in [0.25, 0.3) is 10.8 Å². The molecule has 0 aliphatic carbocycles. The first-order chi connectivity index (χ1) is 12.3. The summed E-state index contributed by atoms with van der Waals surface area (Å²) in [5.41, 5.74) is -0.915. The SMILES string of the molecule is N#Cc1c(=O)[nH]c(SCc2ccccc2Cl)c2cc(C(F)(F)F)ccc12. The average Bonchev–Trinajstić information content (AvgIpc) is 2.59. The van der Waals surface area contributed by atoms with Crippen molar-refractivity contribution in [3.8, 4) is 6.07 Å². The Morgan fingerprint density at radius 3 is 2.54 bits per heavy atom. The third kappa shape index (κ3) is 3.57. The number of nitriles is 1. The van der Waals surface area contributed by atoms with Crippen LogP contribution < -0.4 is 5.56 Å². The zero-order valence-electron chi connectivity index (χ0n) is 13.0. The number of hydrogen-bond acceptors (Lipinski definition) is 3. The molecular weight excluding hydrogens is 385 g/mol. The number of H-pyrrole nitrogens is 1. The molecule has 0 unspecified atom stereocenters. The molecule has 8 heteroatoms. The Labute approximate surface area is 155 Å². The lowest BCUT2D eigenvalue weighted by Crippen LogP contribution is -2.13. The Morgan fingerprint density at radius 2 is 1.88 bits per heavy atom. The van der Waals surface area contributed by atoms with Crippen molar-refractivity contribution < 1.29 is 13.2 Å². The Hall–Kier alpha value is -2.43. The van der Waals surface area contributed by atoms with Gasteiger partial charge in [-0.15, -0.1) is 11.8 Å². The van der Waals surface area contributed by atoms with Crippen LogP contribution in [0.15, 0.2) is 52.3 Å². The lowest BCUT2D eigenvalue weighted by Gasteiger charge is -2.12. The summed E-state index contributed by atoms with van der Waals surface area (Å²) in [5, 5.41) is 10.3. The lowest BCUT2D eigenvalue weighted by molar-refractivity contribution is -0.137. The third-order valence-corrected chi connectivity index (χ3v) is 5.19. The number of aromatic amines is 1. The van der Waals surface area contributed by atoms with Gasteiger partial charge in [0.05, 0.1) is 10.6 Å². The van der Waals surface area contributed by atoms with Gasteiger partial charge in [0.1, 0.15) is 11.6 Å². The minimum Gasteiger partial charge on any atom is -0.315 e. The molecule has 1 N–H and O–H groups in total. The van der Waals surface area contributed by atoms with Crippen LogP contribution in [0.3, 0.4) is 0 Å². The first-order valence-corrected chi connectivity index (χ1v) is 8.71. The molecule has 132 valence electrons. The van der Waals surface area contributed by atoms with Crippen molar-refractivity contribution in [3.63, 3.8) is 0 Å². The van der Waals surface area contributed by atoms with E-state index in [0.29, 0.717) is 10.8 Å². The fraction of sp³-hybridized carbons (Fsp3) is 0.111. The van der Waals surface area contributed by atoms with Gasteiger partial charge in [-0.2, -0.15) is 18.4 Å². The van der Waals surface area contributed by atoms with E-state index in [4.69, 9.17) is 16.9 Å². The van der Waals surface area contributed by atoms with Gasteiger partial charge >= 0.3 is 6.18 Å². The zero-order chi connectivity index (χ0) is 18.9. The molecule has 2 aromatic carbocycles. The minimum absolute atomic E-state index is 0.174. The number of nitrogens with zero attached hydrogens (tertiary/aromatic N) is 1. The van der Waals surface area contributed by atoms with Crippen LogP contribution >= 0.6 is 23.4 Å². The van der Waals surface area contributed by atoms with Crippen LogP contribution in [0.2, 0.25) is 5.02 Å². The van der Waals surface area contributed by atoms with E-state index in [9.17, 15) is 18.0 Å². The van der Waals surface area contributed by atoms with Crippen LogP contribution in [0.1, 0.15) is 16.7 Å². The van der Waals surface area contributed by atoms with Gasteiger partial charge in [0, 0.05) is 21.5 Å². The molecule has 0 bridgehead atoms. The van der Waals surface area contributed by atoms with Crippen molar-refractivity contribution in [1.82, 2.24) is 4.98 Å². The molecule has 0 amide bonds. The molecule has 0 radical (unpaired) electrons. The third-order valence-electron chi connectivity index (χ3n) is 3.76. The zero-order valence-corrected chi connectivity index (χ0v) is 14.6. The van der Waals surface area contributed by atoms with Crippen LogP contribution in [-0.4, -0.2) is 4.98 Å². The highest BCUT2D eigenvalue weighted by molar-refractivity contribution is 7.98. The molecule has 0 fully saturated rings. The molecule has 0 spiro atoms. The molecule has 0 saturated heterocycles. The molecule has 1 aromatic heterocycles. The van der Waals surface area contributed by atoms with Gasteiger partial charge in [0.25, 0.3) is 5.56 Å². The monoisotopic (exact) mass is 394 g/mol. The standard InChI is InChI=1S/C18H10ClF3N2OS/c19-15-4-2-1-3-10(15)9-26-17-13-7-11(18(20,21)22)5-6-12(13)14(8-23)16(25)24-17/h1-7H,9H2,(H,24,25). The van der Waals surface area contributed by atoms with Gasteiger partial charge in [-0.1, -0.05) is 35.9 Å². The lowest BCUT2D eigenvalue weighted by atomic mass is 10.1. The number of alkyl halides is 3. The Kier molecular flexibility index (Phi) is 4.99. The number of fused-ring (bicyclic) bond motifs is 1. The van der Waals surface area contributed by atoms with Gasteiger partial charge in [0.2, 0.25) is 0 Å². The van der Waals surface area contributed by atoms with Crippen molar-refractivity contribution in [2.45, 2.75) is 17.0 Å². The molecule has 3 rings (SSSR count). The number of rotatable bonds is 3. The van der Waals surface area contributed by atoms with E-state index in [-0.39, 0.29) is 21.4 Å². The van der Waals surface area contributed by atoms with Crippen molar-refractivity contribution >= 4 is 34.1 Å². The van der Waals surface area contributed by atoms with E-state index >= 15 is 0 Å². The fourth-order valence-electron chi connectivity index (χ4n) is 2.47. The number of thioether (sulfide) groups is 1. The Balaban J connectivity index is 2.13. The van der Waals surface area contributed by atoms with Crippen LogP contribution in [0.4, 0.5) is 13.2 Å². The maximum absolute atomic E-state index is 13.1. The van der Waals surface area contributed by atoms with E-state index in [1.165, 1.54) is 0 Å². The van der Waals surface area contributed by atoms with E-state index in [1.807, 2.05) is 0 Å². The molecule has 1 heterocycles. The topological polar surface area (TPSA) is 56.6 Å². The molecule has 26 heavy (non-hydrogen) atoms. The molecular formula is C18H10ClF3N2OS. The van der Waals surface area contributed by atoms with E-state index in [2.05, 4.69) is 4.98 Å². The number of benzene rings is 2. The predicted octanol–water partition coefficient (Wildman–Crippen LogP) is 5.36. The summed E-state index contributed by atoms with van der Waals surface area (Å²) in [6.45, 7) is 0. The van der Waals surface area contributed by atoms with Crippen LogP contribution in [0, 0.1) is 11.3 Å². The normalized spacial score (nSPS) is 11.5. The number of pyridine rings is 1. The van der Waals surface area contributed by atoms with Crippen molar-refractivity contribution in [2.75, 3.05) is 0 Å². The summed E-state index contributed by atoms with van der Waals surface area (Å²) in [6.07, 6.45) is -4.53. The molecule has 0 aliphatic rings. The maximum atomic E-state index is 13.1. The summed E-state index contributed by atoms with van der Waals surface area (Å²) in [4.78, 5) is 14.6. The first-order valence-electron chi connectivity index (χ1n) is 7.35. The van der Waals surface area contributed by atoms with E-state index in [1.54, 1.807) is 30.3 Å². The van der Waals surface area contributed by atoms with Gasteiger partial charge in [-0.05, 0) is 23.8 Å². The molecule has 3 nitrogen and oxygen atoms in total. The smallest absolute Gasteiger partial charge is 0.315 e. The summed E-state index contributed by atoms with van der Waals surface area (Å²) in [5.74, 6) is 0.354. The second-order valence-corrected chi connectivity index (χ2v) is 6.80. The fourth-order valence-corrected chi connectivity index (χ4v) is 3.79. The van der Waals surface area contributed by atoms with Gasteiger partial charge in [-0.3, -0.25) is 4.79 Å². The van der Waals surface area contributed by atoms with E-state index < -0.39 is 17.3 Å². The molecule has 0 atom stereocenters. The number of hydrogen-bond donors (Lipinski definition) is 1. The summed E-state index contributed by atoms with van der Waals surface area (Å²) in [6, 6.07) is 11.8. The van der Waals surface area contributed by atoms with Crippen LogP contribution in [0.5, 0.6) is 0 Å². The maximum Gasteiger partial charge on any atom is 0.416 e. The summed E-state index contributed by atoms with van der Waals surface area (Å²) < 4.78 is 39.2. The van der Waals surface area contributed by atoms with Crippen LogP contribution in [-0.2, 0) is 11.9 Å². The Morgan fingerprint density at radius 1 is 1.15 bits per heavy atom. The molecule has 0 saturated carbocycles. The number of nitrogens with one attached hydrogen (secondary N) is 1. The van der Waals surface area contributed by atoms with Crippen molar-refractivity contribution in [1.29, 1.82) is 5.26 Å². The first kappa shape index (κ1) is 18.4. The molecule has 3 aromatic rings. The second-order valence-electron chi connectivity index (χ2n) is 5.41. The van der Waals surface area contributed by atoms with Crippen molar-refractivity contribution in [3.05, 3.63) is 74.5 Å². The molecule has 0 aliphatic heterocycles. The van der Waals surface area contributed by atoms with E-state index in [0.717, 1.165) is 35.5 Å². The average molecular weight is 395 g/mol. The highest BCUT2D eigenvalue weighted by atomic mass is 35.5. The highest BCUT2D eigenvalue weighted by Gasteiger charge is 2.31. The summed E-state index contributed by atoms with van der Waals surface area (Å²) in [7, 11) is 0. The van der Waals surface area contributed by atoms with Gasteiger partial charge < -0.3 is 4.98 Å². The second kappa shape index (κ2) is 7.06. The Bertz CT molecular complexity index is 1090. The number of aromatic nitrogens is 1. The highest BCUT2D eigenvalue weighted by Crippen LogP contribution is 2.35. The van der Waals surface area contributed by atoms with Gasteiger partial charge in [-0.25, -0.2) is 0 Å². The quantitative estimate of drug-likeness (QED) is 0.608. The summed E-state index contributed by atoms with van der Waals surface area (Å²) >= 11 is 7.25. The predicted molar refractivity (Wildman–Crippen MR) is 95.3 cm³/mol. The van der Waals surface area contributed by atoms with Gasteiger partial charge in [0.15, 0.2) is 0 Å². The largest absolute Gasteiger partial charge is 0.416 e.